The number of aryl methyl sites for hydroxylation is 1. The summed E-state index contributed by atoms with van der Waals surface area (Å²) < 4.78 is 32.0. The lowest BCUT2D eigenvalue weighted by atomic mass is 10.2. The first-order valence-corrected chi connectivity index (χ1v) is 8.70. The molecule has 0 atom stereocenters. The zero-order valence-corrected chi connectivity index (χ0v) is 13.5. The number of hydrogen-bond donors (Lipinski definition) is 1. The molecule has 118 valence electrons. The van der Waals surface area contributed by atoms with Gasteiger partial charge in [-0.05, 0) is 33.6 Å². The highest BCUT2D eigenvalue weighted by Crippen LogP contribution is 2.28. The van der Waals surface area contributed by atoms with Gasteiger partial charge < -0.3 is 9.72 Å². The van der Waals surface area contributed by atoms with E-state index in [-0.39, 0.29) is 17.2 Å². The molecule has 2 rings (SSSR count). The summed E-state index contributed by atoms with van der Waals surface area (Å²) >= 11 is 0. The van der Waals surface area contributed by atoms with Gasteiger partial charge in [-0.3, -0.25) is 0 Å². The van der Waals surface area contributed by atoms with E-state index >= 15 is 0 Å². The SMILES string of the molecule is CCOC(=O)c1[nH]c(C)c(S(=O)(=O)N2CCCCC2)c1C. The first-order valence-electron chi connectivity index (χ1n) is 7.26. The van der Waals surface area contributed by atoms with Crippen LogP contribution in [-0.4, -0.2) is 43.4 Å². The van der Waals surface area contributed by atoms with E-state index in [2.05, 4.69) is 4.98 Å². The Hall–Kier alpha value is -1.34. The van der Waals surface area contributed by atoms with Crippen LogP contribution < -0.4 is 0 Å². The quantitative estimate of drug-likeness (QED) is 0.862. The van der Waals surface area contributed by atoms with Crippen LogP contribution >= 0.6 is 0 Å². The zero-order chi connectivity index (χ0) is 15.6. The Morgan fingerprint density at radius 2 is 1.86 bits per heavy atom. The minimum absolute atomic E-state index is 0.215. The number of esters is 1. The fourth-order valence-corrected chi connectivity index (χ4v) is 4.69. The van der Waals surface area contributed by atoms with Gasteiger partial charge in [-0.15, -0.1) is 0 Å². The number of aromatic nitrogens is 1. The number of ether oxygens (including phenoxy) is 1. The molecule has 1 aliphatic heterocycles. The third kappa shape index (κ3) is 2.98. The van der Waals surface area contributed by atoms with Crippen LogP contribution in [0.1, 0.15) is 47.9 Å². The molecule has 7 heteroatoms. The number of carbonyl (C=O) groups is 1. The molecule has 1 aromatic heterocycles. The summed E-state index contributed by atoms with van der Waals surface area (Å²) in [4.78, 5) is 14.9. The van der Waals surface area contributed by atoms with Crippen LogP contribution in [0.2, 0.25) is 0 Å². The zero-order valence-electron chi connectivity index (χ0n) is 12.7. The van der Waals surface area contributed by atoms with Crippen molar-refractivity contribution >= 4 is 16.0 Å². The summed E-state index contributed by atoms with van der Waals surface area (Å²) in [6.45, 7) is 6.38. The fraction of sp³-hybridized carbons (Fsp3) is 0.643. The number of carbonyl (C=O) groups excluding carboxylic acids is 1. The second-order valence-electron chi connectivity index (χ2n) is 5.26. The van der Waals surface area contributed by atoms with Crippen molar-refractivity contribution in [3.8, 4) is 0 Å². The fourth-order valence-electron chi connectivity index (χ4n) is 2.76. The Bertz CT molecular complexity index is 628. The molecule has 1 fully saturated rings. The van der Waals surface area contributed by atoms with Crippen molar-refractivity contribution in [2.75, 3.05) is 19.7 Å². The van der Waals surface area contributed by atoms with E-state index in [9.17, 15) is 13.2 Å². The molecule has 0 bridgehead atoms. The van der Waals surface area contributed by atoms with Crippen LogP contribution in [0.5, 0.6) is 0 Å². The summed E-state index contributed by atoms with van der Waals surface area (Å²) in [6, 6.07) is 0. The molecule has 2 heterocycles. The maximum atomic E-state index is 12.8. The van der Waals surface area contributed by atoms with E-state index < -0.39 is 16.0 Å². The topological polar surface area (TPSA) is 79.5 Å². The highest BCUT2D eigenvalue weighted by molar-refractivity contribution is 7.89. The molecule has 1 aromatic rings. The number of hydrogen-bond acceptors (Lipinski definition) is 4. The number of H-pyrrole nitrogens is 1. The van der Waals surface area contributed by atoms with Crippen LogP contribution in [0.25, 0.3) is 0 Å². The minimum Gasteiger partial charge on any atom is -0.461 e. The normalized spacial score (nSPS) is 16.9. The smallest absolute Gasteiger partial charge is 0.355 e. The van der Waals surface area contributed by atoms with E-state index in [4.69, 9.17) is 4.74 Å². The van der Waals surface area contributed by atoms with Crippen LogP contribution in [0, 0.1) is 13.8 Å². The average molecular weight is 314 g/mol. The number of nitrogens with zero attached hydrogens (tertiary/aromatic N) is 1. The Morgan fingerprint density at radius 1 is 1.24 bits per heavy atom. The third-order valence-corrected chi connectivity index (χ3v) is 5.93. The van der Waals surface area contributed by atoms with Crippen LogP contribution in [0.3, 0.4) is 0 Å². The monoisotopic (exact) mass is 314 g/mol. The Kier molecular flexibility index (Phi) is 4.73. The van der Waals surface area contributed by atoms with Crippen molar-refractivity contribution in [3.63, 3.8) is 0 Å². The highest BCUT2D eigenvalue weighted by atomic mass is 32.2. The van der Waals surface area contributed by atoms with E-state index in [0.29, 0.717) is 24.3 Å². The van der Waals surface area contributed by atoms with E-state index in [0.717, 1.165) is 19.3 Å². The van der Waals surface area contributed by atoms with Crippen molar-refractivity contribution in [3.05, 3.63) is 17.0 Å². The molecule has 1 aliphatic rings. The van der Waals surface area contributed by atoms with Crippen molar-refractivity contribution in [2.24, 2.45) is 0 Å². The minimum atomic E-state index is -3.56. The van der Waals surface area contributed by atoms with Gasteiger partial charge >= 0.3 is 5.97 Å². The summed E-state index contributed by atoms with van der Waals surface area (Å²) in [7, 11) is -3.56. The van der Waals surface area contributed by atoms with Crippen LogP contribution in [0.15, 0.2) is 4.90 Å². The standard InChI is InChI=1S/C14H22N2O4S/c1-4-20-14(17)12-10(2)13(11(3)15-12)21(18,19)16-8-6-5-7-9-16/h15H,4-9H2,1-3H3. The summed E-state index contributed by atoms with van der Waals surface area (Å²) in [5, 5.41) is 0. The molecule has 0 aromatic carbocycles. The molecule has 1 saturated heterocycles. The third-order valence-electron chi connectivity index (χ3n) is 3.76. The second-order valence-corrected chi connectivity index (χ2v) is 7.14. The van der Waals surface area contributed by atoms with Crippen molar-refractivity contribution in [1.29, 1.82) is 0 Å². The molecular formula is C14H22N2O4S. The molecule has 21 heavy (non-hydrogen) atoms. The summed E-state index contributed by atoms with van der Waals surface area (Å²) in [5.41, 5.74) is 1.16. The first kappa shape index (κ1) is 16.0. The molecule has 6 nitrogen and oxygen atoms in total. The first-order chi connectivity index (χ1) is 9.89. The van der Waals surface area contributed by atoms with Gasteiger partial charge in [0.05, 0.1) is 6.61 Å². The lowest BCUT2D eigenvalue weighted by molar-refractivity contribution is 0.0519. The predicted octanol–water partition coefficient (Wildman–Crippen LogP) is 1.98. The maximum absolute atomic E-state index is 12.8. The lowest BCUT2D eigenvalue weighted by Crippen LogP contribution is -2.36. The number of nitrogens with one attached hydrogen (secondary N) is 1. The van der Waals surface area contributed by atoms with Crippen LogP contribution in [-0.2, 0) is 14.8 Å². The van der Waals surface area contributed by atoms with E-state index in [1.54, 1.807) is 20.8 Å². The van der Waals surface area contributed by atoms with Gasteiger partial charge in [0, 0.05) is 24.3 Å². The van der Waals surface area contributed by atoms with Gasteiger partial charge in [0.1, 0.15) is 10.6 Å². The molecule has 1 N–H and O–H groups in total. The Morgan fingerprint density at radius 3 is 2.43 bits per heavy atom. The van der Waals surface area contributed by atoms with E-state index in [1.165, 1.54) is 4.31 Å². The molecule has 0 aliphatic carbocycles. The number of sulfonamides is 1. The van der Waals surface area contributed by atoms with E-state index in [1.807, 2.05) is 0 Å². The molecule has 0 amide bonds. The van der Waals surface area contributed by atoms with Gasteiger partial charge in [0.15, 0.2) is 0 Å². The average Bonchev–Trinajstić information content (AvgIpc) is 2.76. The lowest BCUT2D eigenvalue weighted by Gasteiger charge is -2.26. The molecule has 0 radical (unpaired) electrons. The van der Waals surface area contributed by atoms with Crippen molar-refractivity contribution in [2.45, 2.75) is 44.9 Å². The largest absolute Gasteiger partial charge is 0.461 e. The molecular weight excluding hydrogens is 292 g/mol. The van der Waals surface area contributed by atoms with Gasteiger partial charge in [-0.25, -0.2) is 13.2 Å². The van der Waals surface area contributed by atoms with Gasteiger partial charge in [0.25, 0.3) is 0 Å². The molecule has 0 saturated carbocycles. The molecule has 0 spiro atoms. The van der Waals surface area contributed by atoms with Gasteiger partial charge in [-0.1, -0.05) is 6.42 Å². The molecule has 0 unspecified atom stereocenters. The number of rotatable bonds is 4. The predicted molar refractivity (Wildman–Crippen MR) is 78.8 cm³/mol. The van der Waals surface area contributed by atoms with Gasteiger partial charge in [-0.2, -0.15) is 4.31 Å². The van der Waals surface area contributed by atoms with Gasteiger partial charge in [0.2, 0.25) is 10.0 Å². The van der Waals surface area contributed by atoms with Crippen molar-refractivity contribution < 1.29 is 17.9 Å². The number of aromatic amines is 1. The van der Waals surface area contributed by atoms with Crippen molar-refractivity contribution in [1.82, 2.24) is 9.29 Å². The Balaban J connectivity index is 2.41. The summed E-state index contributed by atoms with van der Waals surface area (Å²) in [5.74, 6) is -0.516. The maximum Gasteiger partial charge on any atom is 0.355 e. The van der Waals surface area contributed by atoms with Crippen LogP contribution in [0.4, 0.5) is 0 Å². The Labute approximate surface area is 125 Å². The number of piperidine rings is 1. The highest BCUT2D eigenvalue weighted by Gasteiger charge is 2.32. The second kappa shape index (κ2) is 6.19. The summed E-state index contributed by atoms with van der Waals surface area (Å²) in [6.07, 6.45) is 2.82.